The van der Waals surface area contributed by atoms with Crippen molar-refractivity contribution in [2.45, 2.75) is 45.6 Å². The molecule has 5 nitrogen and oxygen atoms in total. The van der Waals surface area contributed by atoms with Gasteiger partial charge in [0.05, 0.1) is 24.1 Å². The van der Waals surface area contributed by atoms with E-state index in [0.29, 0.717) is 24.6 Å². The molecule has 2 rings (SSSR count). The Morgan fingerprint density at radius 2 is 2.26 bits per heavy atom. The van der Waals surface area contributed by atoms with Gasteiger partial charge >= 0.3 is 0 Å². The molecule has 0 unspecified atom stereocenters. The summed E-state index contributed by atoms with van der Waals surface area (Å²) in [7, 11) is 0. The van der Waals surface area contributed by atoms with Crippen LogP contribution in [-0.2, 0) is 0 Å². The lowest BCUT2D eigenvalue weighted by atomic mass is 10.1. The summed E-state index contributed by atoms with van der Waals surface area (Å²) in [5.74, 6) is 0.474. The Hall–Kier alpha value is -1.36. The minimum atomic E-state index is -0.00894. The van der Waals surface area contributed by atoms with Gasteiger partial charge in [0.15, 0.2) is 0 Å². The van der Waals surface area contributed by atoms with Crippen LogP contribution in [0.15, 0.2) is 6.20 Å². The smallest absolute Gasteiger partial charge is 0.257 e. The van der Waals surface area contributed by atoms with Gasteiger partial charge in [-0.3, -0.25) is 9.48 Å². The maximum atomic E-state index is 12.5. The minimum absolute atomic E-state index is 0.00331. The molecule has 0 saturated heterocycles. The van der Waals surface area contributed by atoms with Gasteiger partial charge < -0.3 is 10.0 Å². The Morgan fingerprint density at radius 1 is 1.58 bits per heavy atom. The van der Waals surface area contributed by atoms with Crippen LogP contribution < -0.4 is 0 Å². The first kappa shape index (κ1) is 14.1. The van der Waals surface area contributed by atoms with Gasteiger partial charge in [0, 0.05) is 25.0 Å². The van der Waals surface area contributed by atoms with Crippen molar-refractivity contribution in [3.63, 3.8) is 0 Å². The number of aliphatic hydroxyl groups is 1. The van der Waals surface area contributed by atoms with Gasteiger partial charge in [-0.15, -0.1) is 0 Å². The Bertz CT molecular complexity index is 450. The molecule has 1 fully saturated rings. The lowest BCUT2D eigenvalue weighted by Crippen LogP contribution is -2.33. The SMILES string of the molecule is CCN(CCO)C(=O)c1cnn(C(C)C)c1C1CC1. The van der Waals surface area contributed by atoms with Crippen molar-refractivity contribution in [2.24, 2.45) is 0 Å². The largest absolute Gasteiger partial charge is 0.395 e. The highest BCUT2D eigenvalue weighted by Crippen LogP contribution is 2.42. The average molecular weight is 265 g/mol. The zero-order chi connectivity index (χ0) is 14.0. The number of nitrogens with zero attached hydrogens (tertiary/aromatic N) is 3. The maximum Gasteiger partial charge on any atom is 0.257 e. The monoisotopic (exact) mass is 265 g/mol. The third-order valence-electron chi connectivity index (χ3n) is 3.56. The molecular weight excluding hydrogens is 242 g/mol. The molecule has 0 aliphatic heterocycles. The minimum Gasteiger partial charge on any atom is -0.395 e. The second-order valence-corrected chi connectivity index (χ2v) is 5.36. The summed E-state index contributed by atoms with van der Waals surface area (Å²) in [6, 6.07) is 0.269. The molecule has 1 aromatic heterocycles. The van der Waals surface area contributed by atoms with Crippen LogP contribution in [0.2, 0.25) is 0 Å². The standard InChI is InChI=1S/C14H23N3O2/c1-4-16(7-8-18)14(19)12-9-15-17(10(2)3)13(12)11-5-6-11/h9-11,18H,4-8H2,1-3H3. The molecule has 1 saturated carbocycles. The van der Waals surface area contributed by atoms with Crippen LogP contribution in [0.3, 0.4) is 0 Å². The van der Waals surface area contributed by atoms with Gasteiger partial charge in [-0.05, 0) is 33.6 Å². The van der Waals surface area contributed by atoms with Crippen LogP contribution in [-0.4, -0.2) is 45.4 Å². The number of hydrogen-bond acceptors (Lipinski definition) is 3. The Kier molecular flexibility index (Phi) is 4.24. The van der Waals surface area contributed by atoms with E-state index in [0.717, 1.165) is 18.5 Å². The number of rotatable bonds is 6. The molecule has 0 aromatic carbocycles. The summed E-state index contributed by atoms with van der Waals surface area (Å²) < 4.78 is 1.97. The third-order valence-corrected chi connectivity index (χ3v) is 3.56. The zero-order valence-corrected chi connectivity index (χ0v) is 12.0. The molecule has 5 heteroatoms. The molecule has 1 aliphatic carbocycles. The van der Waals surface area contributed by atoms with Crippen LogP contribution in [0.4, 0.5) is 0 Å². The first-order valence-electron chi connectivity index (χ1n) is 7.07. The van der Waals surface area contributed by atoms with E-state index in [1.54, 1.807) is 11.1 Å². The summed E-state index contributed by atoms with van der Waals surface area (Å²) in [5, 5.41) is 13.4. The van der Waals surface area contributed by atoms with Gasteiger partial charge in [-0.1, -0.05) is 0 Å². The van der Waals surface area contributed by atoms with Gasteiger partial charge in [0.1, 0.15) is 0 Å². The first-order valence-corrected chi connectivity index (χ1v) is 7.07. The molecule has 1 amide bonds. The van der Waals surface area contributed by atoms with E-state index in [1.165, 1.54) is 0 Å². The van der Waals surface area contributed by atoms with E-state index < -0.39 is 0 Å². The predicted molar refractivity (Wildman–Crippen MR) is 73.3 cm³/mol. The molecule has 1 aromatic rings. The molecule has 0 bridgehead atoms. The summed E-state index contributed by atoms with van der Waals surface area (Å²) >= 11 is 0. The Morgan fingerprint density at radius 3 is 2.74 bits per heavy atom. The van der Waals surface area contributed by atoms with Crippen LogP contribution in [0.25, 0.3) is 0 Å². The van der Waals surface area contributed by atoms with Crippen molar-refractivity contribution in [3.8, 4) is 0 Å². The van der Waals surface area contributed by atoms with Gasteiger partial charge in [-0.25, -0.2) is 0 Å². The molecule has 1 N–H and O–H groups in total. The number of likely N-dealkylation sites (N-methyl/N-ethyl adjacent to an activating group) is 1. The number of aromatic nitrogens is 2. The molecule has 106 valence electrons. The van der Waals surface area contributed by atoms with Crippen molar-refractivity contribution in [1.29, 1.82) is 0 Å². The van der Waals surface area contributed by atoms with Crippen molar-refractivity contribution in [1.82, 2.24) is 14.7 Å². The number of amides is 1. The summed E-state index contributed by atoms with van der Waals surface area (Å²) in [6.45, 7) is 7.08. The van der Waals surface area contributed by atoms with E-state index in [-0.39, 0.29) is 18.6 Å². The summed E-state index contributed by atoms with van der Waals surface area (Å²) in [6.07, 6.45) is 3.98. The second kappa shape index (κ2) is 5.74. The first-order chi connectivity index (χ1) is 9.10. The van der Waals surface area contributed by atoms with E-state index in [9.17, 15) is 4.79 Å². The van der Waals surface area contributed by atoms with E-state index in [2.05, 4.69) is 18.9 Å². The van der Waals surface area contributed by atoms with Crippen LogP contribution in [0, 0.1) is 0 Å². The lowest BCUT2D eigenvalue weighted by Gasteiger charge is -2.20. The zero-order valence-electron chi connectivity index (χ0n) is 12.0. The summed E-state index contributed by atoms with van der Waals surface area (Å²) in [4.78, 5) is 14.2. The van der Waals surface area contributed by atoms with Crippen molar-refractivity contribution >= 4 is 5.91 Å². The summed E-state index contributed by atoms with van der Waals surface area (Å²) in [5.41, 5.74) is 1.79. The normalized spacial score (nSPS) is 15.0. The highest BCUT2D eigenvalue weighted by Gasteiger charge is 2.33. The van der Waals surface area contributed by atoms with Gasteiger partial charge in [0.25, 0.3) is 5.91 Å². The number of carbonyl (C=O) groups excluding carboxylic acids is 1. The second-order valence-electron chi connectivity index (χ2n) is 5.36. The number of carbonyl (C=O) groups is 1. The quantitative estimate of drug-likeness (QED) is 0.853. The van der Waals surface area contributed by atoms with E-state index >= 15 is 0 Å². The third kappa shape index (κ3) is 2.81. The Labute approximate surface area is 114 Å². The fraction of sp³-hybridized carbons (Fsp3) is 0.714. The van der Waals surface area contributed by atoms with Crippen molar-refractivity contribution < 1.29 is 9.90 Å². The maximum absolute atomic E-state index is 12.5. The molecule has 0 spiro atoms. The average Bonchev–Trinajstić information content (AvgIpc) is 3.13. The fourth-order valence-electron chi connectivity index (χ4n) is 2.41. The number of hydrogen-bond donors (Lipinski definition) is 1. The molecule has 19 heavy (non-hydrogen) atoms. The van der Waals surface area contributed by atoms with E-state index in [1.807, 2.05) is 11.6 Å². The highest BCUT2D eigenvalue weighted by atomic mass is 16.3. The van der Waals surface area contributed by atoms with Crippen LogP contribution >= 0.6 is 0 Å². The predicted octanol–water partition coefficient (Wildman–Crippen LogP) is 1.80. The van der Waals surface area contributed by atoms with Crippen molar-refractivity contribution in [2.75, 3.05) is 19.7 Å². The fourth-order valence-corrected chi connectivity index (χ4v) is 2.41. The topological polar surface area (TPSA) is 58.4 Å². The van der Waals surface area contributed by atoms with Crippen molar-refractivity contribution in [3.05, 3.63) is 17.5 Å². The Balaban J connectivity index is 2.31. The molecule has 1 heterocycles. The molecule has 1 aliphatic rings. The molecule has 0 atom stereocenters. The van der Waals surface area contributed by atoms with Crippen LogP contribution in [0.5, 0.6) is 0 Å². The lowest BCUT2D eigenvalue weighted by molar-refractivity contribution is 0.0730. The molecule has 0 radical (unpaired) electrons. The van der Waals surface area contributed by atoms with Gasteiger partial charge in [-0.2, -0.15) is 5.10 Å². The number of aliphatic hydroxyl groups excluding tert-OH is 1. The highest BCUT2D eigenvalue weighted by molar-refractivity contribution is 5.95. The molecular formula is C14H23N3O2. The van der Waals surface area contributed by atoms with E-state index in [4.69, 9.17) is 5.11 Å². The van der Waals surface area contributed by atoms with Crippen LogP contribution in [0.1, 0.15) is 61.6 Å². The van der Waals surface area contributed by atoms with Gasteiger partial charge in [0.2, 0.25) is 0 Å².